The third-order valence-corrected chi connectivity index (χ3v) is 3.51. The average molecular weight is 243 g/mol. The second kappa shape index (κ2) is 5.07. The molecule has 0 amide bonds. The summed E-state index contributed by atoms with van der Waals surface area (Å²) in [4.78, 5) is 4.76. The summed E-state index contributed by atoms with van der Waals surface area (Å²) in [5, 5.41) is 11.2. The Morgan fingerprint density at radius 2 is 1.78 bits per heavy atom. The Balaban J connectivity index is 2.59. The van der Waals surface area contributed by atoms with Crippen LogP contribution in [0.4, 0.5) is 0 Å². The van der Waals surface area contributed by atoms with Crippen molar-refractivity contribution in [1.29, 1.82) is 0 Å². The summed E-state index contributed by atoms with van der Waals surface area (Å²) in [5.41, 5.74) is 3.19. The highest BCUT2D eigenvalue weighted by atomic mass is 16.3. The quantitative estimate of drug-likeness (QED) is 0.892. The maximum absolute atomic E-state index is 9.99. The summed E-state index contributed by atoms with van der Waals surface area (Å²) in [6, 6.07) is 10.3. The van der Waals surface area contributed by atoms with Gasteiger partial charge in [-0.1, -0.05) is 32.0 Å². The highest BCUT2D eigenvalue weighted by molar-refractivity contribution is 5.79. The van der Waals surface area contributed by atoms with E-state index in [0.29, 0.717) is 5.92 Å². The van der Waals surface area contributed by atoms with Crippen LogP contribution in [0.25, 0.3) is 10.9 Å². The zero-order valence-corrected chi connectivity index (χ0v) is 11.5. The molecular formula is C16H21NO. The standard InChI is InChI=1S/C16H21NO/c1-10(2)15(12(4)18)16-11(3)9-13-7-5-6-8-14(13)17-16/h5-10,12,15,18H,1-4H3. The average Bonchev–Trinajstić information content (AvgIpc) is 2.29. The van der Waals surface area contributed by atoms with Gasteiger partial charge in [-0.05, 0) is 37.5 Å². The lowest BCUT2D eigenvalue weighted by molar-refractivity contribution is 0.138. The van der Waals surface area contributed by atoms with Crippen molar-refractivity contribution in [2.75, 3.05) is 0 Å². The van der Waals surface area contributed by atoms with Gasteiger partial charge in [0.25, 0.3) is 0 Å². The molecule has 2 nitrogen and oxygen atoms in total. The number of para-hydroxylation sites is 1. The first-order valence-corrected chi connectivity index (χ1v) is 6.55. The van der Waals surface area contributed by atoms with Crippen LogP contribution in [-0.4, -0.2) is 16.2 Å². The number of aryl methyl sites for hydroxylation is 1. The Bertz CT molecular complexity index is 538. The van der Waals surface area contributed by atoms with Gasteiger partial charge in [0.1, 0.15) is 0 Å². The molecule has 1 heterocycles. The minimum atomic E-state index is -0.377. The van der Waals surface area contributed by atoms with E-state index in [1.807, 2.05) is 25.1 Å². The summed E-state index contributed by atoms with van der Waals surface area (Å²) in [5.74, 6) is 0.465. The number of rotatable bonds is 3. The second-order valence-electron chi connectivity index (χ2n) is 5.39. The molecule has 0 saturated heterocycles. The van der Waals surface area contributed by atoms with Crippen LogP contribution in [0.5, 0.6) is 0 Å². The topological polar surface area (TPSA) is 33.1 Å². The monoisotopic (exact) mass is 243 g/mol. The predicted molar refractivity (Wildman–Crippen MR) is 75.7 cm³/mol. The Hall–Kier alpha value is -1.41. The van der Waals surface area contributed by atoms with Crippen molar-refractivity contribution in [1.82, 2.24) is 4.98 Å². The lowest BCUT2D eigenvalue weighted by atomic mass is 9.85. The van der Waals surface area contributed by atoms with Gasteiger partial charge < -0.3 is 5.11 Å². The highest BCUT2D eigenvalue weighted by Crippen LogP contribution is 2.30. The van der Waals surface area contributed by atoms with Crippen molar-refractivity contribution in [3.05, 3.63) is 41.6 Å². The van der Waals surface area contributed by atoms with Gasteiger partial charge in [0.05, 0.1) is 11.6 Å². The minimum Gasteiger partial charge on any atom is -0.393 e. The second-order valence-corrected chi connectivity index (χ2v) is 5.39. The molecule has 2 aromatic rings. The van der Waals surface area contributed by atoms with E-state index in [9.17, 15) is 5.11 Å². The van der Waals surface area contributed by atoms with E-state index in [0.717, 1.165) is 22.2 Å². The predicted octanol–water partition coefficient (Wildman–Crippen LogP) is 3.66. The van der Waals surface area contributed by atoms with E-state index < -0.39 is 0 Å². The maximum Gasteiger partial charge on any atom is 0.0705 e. The molecule has 0 aliphatic heterocycles. The van der Waals surface area contributed by atoms with Gasteiger partial charge in [0.15, 0.2) is 0 Å². The van der Waals surface area contributed by atoms with E-state index in [2.05, 4.69) is 32.9 Å². The van der Waals surface area contributed by atoms with Crippen LogP contribution in [-0.2, 0) is 0 Å². The van der Waals surface area contributed by atoms with Crippen LogP contribution in [0.2, 0.25) is 0 Å². The number of fused-ring (bicyclic) bond motifs is 1. The van der Waals surface area contributed by atoms with Crippen molar-refractivity contribution < 1.29 is 5.11 Å². The largest absolute Gasteiger partial charge is 0.393 e. The van der Waals surface area contributed by atoms with Crippen LogP contribution in [0.15, 0.2) is 30.3 Å². The lowest BCUT2D eigenvalue weighted by Crippen LogP contribution is -2.22. The molecule has 2 heteroatoms. The molecule has 96 valence electrons. The zero-order valence-electron chi connectivity index (χ0n) is 11.5. The van der Waals surface area contributed by atoms with Crippen molar-refractivity contribution in [2.45, 2.75) is 39.7 Å². The molecule has 0 bridgehead atoms. The molecule has 1 aromatic carbocycles. The molecule has 0 fully saturated rings. The lowest BCUT2D eigenvalue weighted by Gasteiger charge is -2.25. The molecule has 0 radical (unpaired) electrons. The molecule has 1 aromatic heterocycles. The zero-order chi connectivity index (χ0) is 13.3. The molecule has 2 atom stereocenters. The van der Waals surface area contributed by atoms with Gasteiger partial charge in [0, 0.05) is 17.0 Å². The summed E-state index contributed by atoms with van der Waals surface area (Å²) >= 11 is 0. The van der Waals surface area contributed by atoms with Gasteiger partial charge in [-0.15, -0.1) is 0 Å². The molecule has 2 unspecified atom stereocenters. The van der Waals surface area contributed by atoms with Crippen LogP contribution < -0.4 is 0 Å². The van der Waals surface area contributed by atoms with Gasteiger partial charge in [0.2, 0.25) is 0 Å². The maximum atomic E-state index is 9.99. The number of hydrogen-bond acceptors (Lipinski definition) is 2. The molecule has 0 saturated carbocycles. The summed E-state index contributed by atoms with van der Waals surface area (Å²) in [6.45, 7) is 8.19. The van der Waals surface area contributed by atoms with Crippen LogP contribution >= 0.6 is 0 Å². The Labute approximate surface area is 109 Å². The fourth-order valence-electron chi connectivity index (χ4n) is 2.68. The van der Waals surface area contributed by atoms with E-state index in [-0.39, 0.29) is 12.0 Å². The summed E-state index contributed by atoms with van der Waals surface area (Å²) in [7, 11) is 0. The smallest absolute Gasteiger partial charge is 0.0705 e. The van der Waals surface area contributed by atoms with Gasteiger partial charge >= 0.3 is 0 Å². The molecule has 0 spiro atoms. The van der Waals surface area contributed by atoms with E-state index in [4.69, 9.17) is 4.98 Å². The van der Waals surface area contributed by atoms with E-state index in [1.165, 1.54) is 0 Å². The van der Waals surface area contributed by atoms with Gasteiger partial charge in [-0.25, -0.2) is 0 Å². The molecule has 0 aliphatic carbocycles. The Kier molecular flexibility index (Phi) is 3.67. The van der Waals surface area contributed by atoms with Crippen molar-refractivity contribution in [2.24, 2.45) is 5.92 Å². The number of aromatic nitrogens is 1. The molecular weight excluding hydrogens is 222 g/mol. The first-order valence-electron chi connectivity index (χ1n) is 6.55. The molecule has 1 N–H and O–H groups in total. The van der Waals surface area contributed by atoms with Crippen molar-refractivity contribution in [3.63, 3.8) is 0 Å². The van der Waals surface area contributed by atoms with Crippen LogP contribution in [0.3, 0.4) is 0 Å². The van der Waals surface area contributed by atoms with Crippen LogP contribution in [0.1, 0.15) is 37.9 Å². The third-order valence-electron chi connectivity index (χ3n) is 3.51. The van der Waals surface area contributed by atoms with E-state index in [1.54, 1.807) is 0 Å². The number of pyridine rings is 1. The first kappa shape index (κ1) is 13.0. The number of nitrogens with zero attached hydrogens (tertiary/aromatic N) is 1. The van der Waals surface area contributed by atoms with Gasteiger partial charge in [-0.2, -0.15) is 0 Å². The number of hydrogen-bond donors (Lipinski definition) is 1. The van der Waals surface area contributed by atoms with Crippen molar-refractivity contribution >= 4 is 10.9 Å². The third kappa shape index (κ3) is 2.39. The normalized spacial score (nSPS) is 15.0. The van der Waals surface area contributed by atoms with Gasteiger partial charge in [-0.3, -0.25) is 4.98 Å². The van der Waals surface area contributed by atoms with Crippen LogP contribution in [0, 0.1) is 12.8 Å². The Morgan fingerprint density at radius 1 is 1.11 bits per heavy atom. The fourth-order valence-corrected chi connectivity index (χ4v) is 2.68. The number of benzene rings is 1. The van der Waals surface area contributed by atoms with Crippen molar-refractivity contribution in [3.8, 4) is 0 Å². The molecule has 2 rings (SSSR count). The summed E-state index contributed by atoms with van der Waals surface area (Å²) in [6.07, 6.45) is -0.377. The first-order chi connectivity index (χ1) is 8.50. The highest BCUT2D eigenvalue weighted by Gasteiger charge is 2.24. The molecule has 18 heavy (non-hydrogen) atoms. The molecule has 0 aliphatic rings. The Morgan fingerprint density at radius 3 is 2.39 bits per heavy atom. The SMILES string of the molecule is Cc1cc2ccccc2nc1C(C(C)C)C(C)O. The fraction of sp³-hybridized carbons (Fsp3) is 0.438. The number of aliphatic hydroxyl groups is 1. The summed E-state index contributed by atoms with van der Waals surface area (Å²) < 4.78 is 0. The number of aliphatic hydroxyl groups excluding tert-OH is 1. The van der Waals surface area contributed by atoms with E-state index >= 15 is 0 Å². The minimum absolute atomic E-state index is 0.0922.